The fourth-order valence-electron chi connectivity index (χ4n) is 1.52. The molecule has 0 saturated heterocycles. The van der Waals surface area contributed by atoms with Crippen molar-refractivity contribution in [2.45, 2.75) is 13.5 Å². The summed E-state index contributed by atoms with van der Waals surface area (Å²) in [6.07, 6.45) is 0. The summed E-state index contributed by atoms with van der Waals surface area (Å²) in [5, 5.41) is 4.99. The van der Waals surface area contributed by atoms with Crippen molar-refractivity contribution < 1.29 is 4.39 Å². The molecule has 6 heteroatoms. The van der Waals surface area contributed by atoms with Crippen LogP contribution in [0.4, 0.5) is 10.2 Å². The zero-order valence-corrected chi connectivity index (χ0v) is 10.6. The van der Waals surface area contributed by atoms with Crippen molar-refractivity contribution in [3.63, 3.8) is 0 Å². The molecule has 90 valence electrons. The fraction of sp³-hybridized carbons (Fsp3) is 0.182. The van der Waals surface area contributed by atoms with Crippen molar-refractivity contribution in [1.82, 2.24) is 9.78 Å². The molecule has 0 spiro atoms. The van der Waals surface area contributed by atoms with Gasteiger partial charge in [-0.25, -0.2) is 9.07 Å². The molecule has 0 atom stereocenters. The van der Waals surface area contributed by atoms with Gasteiger partial charge in [0.25, 0.3) is 0 Å². The quantitative estimate of drug-likeness (QED) is 0.913. The van der Waals surface area contributed by atoms with E-state index in [1.165, 1.54) is 16.8 Å². The van der Waals surface area contributed by atoms with Crippen LogP contribution in [0.15, 0.2) is 18.2 Å². The van der Waals surface area contributed by atoms with Gasteiger partial charge in [0, 0.05) is 10.6 Å². The summed E-state index contributed by atoms with van der Waals surface area (Å²) in [6.45, 7) is 1.94. The van der Waals surface area contributed by atoms with Crippen LogP contribution in [0.5, 0.6) is 0 Å². The van der Waals surface area contributed by atoms with Crippen LogP contribution < -0.4 is 5.73 Å². The second-order valence-corrected chi connectivity index (χ2v) is 4.49. The molecule has 0 amide bonds. The van der Waals surface area contributed by atoms with E-state index in [0.29, 0.717) is 27.1 Å². The summed E-state index contributed by atoms with van der Waals surface area (Å²) in [6, 6.07) is 4.35. The van der Waals surface area contributed by atoms with Crippen molar-refractivity contribution in [1.29, 1.82) is 0 Å². The number of aryl methyl sites for hydroxylation is 1. The molecule has 1 aromatic heterocycles. The monoisotopic (exact) mass is 273 g/mol. The van der Waals surface area contributed by atoms with Crippen LogP contribution in [0.2, 0.25) is 10.0 Å². The lowest BCUT2D eigenvalue weighted by molar-refractivity contribution is 0.586. The van der Waals surface area contributed by atoms with Gasteiger partial charge in [-0.15, -0.1) is 0 Å². The molecule has 0 bridgehead atoms. The first-order chi connectivity index (χ1) is 7.99. The lowest BCUT2D eigenvalue weighted by Crippen LogP contribution is -2.07. The second-order valence-electron chi connectivity index (χ2n) is 3.68. The Balaban J connectivity index is 2.37. The normalized spacial score (nSPS) is 10.8. The predicted octanol–water partition coefficient (Wildman–Crippen LogP) is 3.27. The Labute approximate surface area is 108 Å². The highest BCUT2D eigenvalue weighted by Gasteiger charge is 2.12. The van der Waals surface area contributed by atoms with Crippen LogP contribution in [-0.2, 0) is 6.54 Å². The van der Waals surface area contributed by atoms with Crippen molar-refractivity contribution in [3.05, 3.63) is 45.3 Å². The van der Waals surface area contributed by atoms with Crippen molar-refractivity contribution in [2.75, 3.05) is 5.73 Å². The van der Waals surface area contributed by atoms with Crippen LogP contribution >= 0.6 is 23.2 Å². The van der Waals surface area contributed by atoms with Gasteiger partial charge in [-0.2, -0.15) is 5.10 Å². The topological polar surface area (TPSA) is 43.8 Å². The largest absolute Gasteiger partial charge is 0.383 e. The van der Waals surface area contributed by atoms with Gasteiger partial charge in [0.05, 0.1) is 12.2 Å². The SMILES string of the molecule is Cc1nn(Cc2cc(Cl)ccc2F)c(N)c1Cl. The number of benzene rings is 1. The van der Waals surface area contributed by atoms with Gasteiger partial charge >= 0.3 is 0 Å². The average Bonchev–Trinajstić information content (AvgIpc) is 2.52. The van der Waals surface area contributed by atoms with Gasteiger partial charge in [0.15, 0.2) is 0 Å². The minimum absolute atomic E-state index is 0.200. The second kappa shape index (κ2) is 4.55. The number of nitrogens with two attached hydrogens (primary N) is 1. The number of nitrogens with zero attached hydrogens (tertiary/aromatic N) is 2. The summed E-state index contributed by atoms with van der Waals surface area (Å²) in [4.78, 5) is 0. The molecule has 2 aromatic rings. The van der Waals surface area contributed by atoms with Crippen LogP contribution in [0, 0.1) is 12.7 Å². The van der Waals surface area contributed by atoms with Crippen LogP contribution in [0.25, 0.3) is 0 Å². The molecule has 1 aromatic carbocycles. The first-order valence-corrected chi connectivity index (χ1v) is 5.67. The van der Waals surface area contributed by atoms with E-state index in [1.807, 2.05) is 0 Å². The molecule has 17 heavy (non-hydrogen) atoms. The molecule has 2 rings (SSSR count). The van der Waals surface area contributed by atoms with Gasteiger partial charge in [-0.05, 0) is 25.1 Å². The Morgan fingerprint density at radius 2 is 2.12 bits per heavy atom. The third kappa shape index (κ3) is 2.37. The van der Waals surface area contributed by atoms with E-state index in [2.05, 4.69) is 5.10 Å². The average molecular weight is 274 g/mol. The summed E-state index contributed by atoms with van der Waals surface area (Å²) in [7, 11) is 0. The maximum Gasteiger partial charge on any atom is 0.141 e. The molecule has 0 aliphatic carbocycles. The summed E-state index contributed by atoms with van der Waals surface area (Å²) < 4.78 is 15.0. The molecule has 0 aliphatic heterocycles. The third-order valence-corrected chi connectivity index (χ3v) is 3.12. The number of halogens is 3. The molecular formula is C11H10Cl2FN3. The maximum atomic E-state index is 13.5. The first kappa shape index (κ1) is 12.2. The van der Waals surface area contributed by atoms with Gasteiger partial charge in [0.2, 0.25) is 0 Å². The Morgan fingerprint density at radius 1 is 1.41 bits per heavy atom. The van der Waals surface area contributed by atoms with Crippen molar-refractivity contribution in [3.8, 4) is 0 Å². The zero-order chi connectivity index (χ0) is 12.6. The van der Waals surface area contributed by atoms with Crippen molar-refractivity contribution in [2.24, 2.45) is 0 Å². The number of anilines is 1. The molecule has 0 fully saturated rings. The van der Waals surface area contributed by atoms with E-state index in [4.69, 9.17) is 28.9 Å². The minimum atomic E-state index is -0.349. The molecule has 0 aliphatic rings. The molecule has 2 N–H and O–H groups in total. The van der Waals surface area contributed by atoms with E-state index >= 15 is 0 Å². The number of hydrogen-bond donors (Lipinski definition) is 1. The molecular weight excluding hydrogens is 264 g/mol. The number of aromatic nitrogens is 2. The highest BCUT2D eigenvalue weighted by atomic mass is 35.5. The Bertz CT molecular complexity index is 566. The summed E-state index contributed by atoms with van der Waals surface area (Å²) in [5.74, 6) is -0.0263. The fourth-order valence-corrected chi connectivity index (χ4v) is 1.85. The number of rotatable bonds is 2. The Morgan fingerprint density at radius 3 is 2.71 bits per heavy atom. The standard InChI is InChI=1S/C11H10Cl2FN3/c1-6-10(13)11(15)17(16-6)5-7-4-8(12)2-3-9(7)14/h2-4H,5,15H2,1H3. The van der Waals surface area contributed by atoms with Gasteiger partial charge in [-0.1, -0.05) is 23.2 Å². The van der Waals surface area contributed by atoms with E-state index in [0.717, 1.165) is 0 Å². The first-order valence-electron chi connectivity index (χ1n) is 4.91. The highest BCUT2D eigenvalue weighted by molar-refractivity contribution is 6.33. The maximum absolute atomic E-state index is 13.5. The molecule has 3 nitrogen and oxygen atoms in total. The number of nitrogen functional groups attached to an aromatic ring is 1. The molecule has 1 heterocycles. The van der Waals surface area contributed by atoms with Crippen LogP contribution in [0.1, 0.15) is 11.3 Å². The smallest absolute Gasteiger partial charge is 0.141 e. The van der Waals surface area contributed by atoms with E-state index in [9.17, 15) is 4.39 Å². The summed E-state index contributed by atoms with van der Waals surface area (Å²) in [5.41, 5.74) is 6.79. The van der Waals surface area contributed by atoms with E-state index in [1.54, 1.807) is 13.0 Å². The molecule has 0 radical (unpaired) electrons. The minimum Gasteiger partial charge on any atom is -0.383 e. The van der Waals surface area contributed by atoms with Gasteiger partial charge in [0.1, 0.15) is 16.7 Å². The van der Waals surface area contributed by atoms with E-state index < -0.39 is 0 Å². The van der Waals surface area contributed by atoms with Crippen LogP contribution in [-0.4, -0.2) is 9.78 Å². The number of hydrogen-bond acceptors (Lipinski definition) is 2. The van der Waals surface area contributed by atoms with Crippen molar-refractivity contribution >= 4 is 29.0 Å². The van der Waals surface area contributed by atoms with Gasteiger partial charge in [-0.3, -0.25) is 0 Å². The van der Waals surface area contributed by atoms with Crippen LogP contribution in [0.3, 0.4) is 0 Å². The van der Waals surface area contributed by atoms with Gasteiger partial charge < -0.3 is 5.73 Å². The lowest BCUT2D eigenvalue weighted by Gasteiger charge is -2.06. The van der Waals surface area contributed by atoms with E-state index in [-0.39, 0.29) is 12.4 Å². The molecule has 0 saturated carbocycles. The third-order valence-electron chi connectivity index (χ3n) is 2.42. The highest BCUT2D eigenvalue weighted by Crippen LogP contribution is 2.24. The molecule has 0 unspecified atom stereocenters. The Hall–Kier alpha value is -1.26. The zero-order valence-electron chi connectivity index (χ0n) is 9.04. The summed E-state index contributed by atoms with van der Waals surface area (Å²) >= 11 is 11.7. The lowest BCUT2D eigenvalue weighted by atomic mass is 10.2. The predicted molar refractivity (Wildman–Crippen MR) is 66.9 cm³/mol. The Kier molecular flexibility index (Phi) is 3.26.